The molecule has 26 heavy (non-hydrogen) atoms. The van der Waals surface area contributed by atoms with Crippen LogP contribution in [0.25, 0.3) is 0 Å². The van der Waals surface area contributed by atoms with Crippen molar-refractivity contribution in [2.24, 2.45) is 0 Å². The molecule has 0 aliphatic carbocycles. The Hall–Kier alpha value is -2.78. The standard InChI is InChI=1S/C6H10O4.2C5H6O3/c7-5(8)3-1-2-4-6(9)10;2*6-4-2-1-3-5(7)8-4/h1-4H2,(H,7,8)(H,9,10);2*1-3H2. The van der Waals surface area contributed by atoms with E-state index in [9.17, 15) is 28.8 Å². The Balaban J connectivity index is 0.000000363. The van der Waals surface area contributed by atoms with Gasteiger partial charge >= 0.3 is 35.8 Å². The smallest absolute Gasteiger partial charge is 0.313 e. The lowest BCUT2D eigenvalue weighted by atomic mass is 10.2. The summed E-state index contributed by atoms with van der Waals surface area (Å²) in [6.07, 6.45) is 3.90. The zero-order valence-corrected chi connectivity index (χ0v) is 14.2. The van der Waals surface area contributed by atoms with E-state index >= 15 is 0 Å². The average Bonchev–Trinajstić information content (AvgIpc) is 2.52. The van der Waals surface area contributed by atoms with Gasteiger partial charge in [0.15, 0.2) is 0 Å². The van der Waals surface area contributed by atoms with Crippen molar-refractivity contribution in [3.05, 3.63) is 0 Å². The lowest BCUT2D eigenvalue weighted by Gasteiger charge is -2.06. The third-order valence-corrected chi connectivity index (χ3v) is 3.01. The highest BCUT2D eigenvalue weighted by molar-refractivity contribution is 5.88. The van der Waals surface area contributed by atoms with Gasteiger partial charge in [-0.3, -0.25) is 28.8 Å². The molecular formula is C16H22O10. The molecule has 2 saturated heterocycles. The second kappa shape index (κ2) is 13.5. The van der Waals surface area contributed by atoms with Crippen molar-refractivity contribution in [1.29, 1.82) is 0 Å². The highest BCUT2D eigenvalue weighted by Crippen LogP contribution is 2.06. The second-order valence-electron chi connectivity index (χ2n) is 5.39. The Morgan fingerprint density at radius 2 is 0.923 bits per heavy atom. The van der Waals surface area contributed by atoms with Gasteiger partial charge in [-0.05, 0) is 25.7 Å². The first-order chi connectivity index (χ1) is 12.2. The molecule has 2 fully saturated rings. The van der Waals surface area contributed by atoms with Crippen LogP contribution in [0.3, 0.4) is 0 Å². The molecule has 0 bridgehead atoms. The van der Waals surface area contributed by atoms with Crippen LogP contribution in [0.1, 0.15) is 64.2 Å². The summed E-state index contributed by atoms with van der Waals surface area (Å²) >= 11 is 0. The quantitative estimate of drug-likeness (QED) is 0.406. The first kappa shape index (κ1) is 23.2. The fourth-order valence-electron chi connectivity index (χ4n) is 1.76. The SMILES string of the molecule is O=C(O)CCCCC(=O)O.O=C1CCCC(=O)O1.O=C1CCCC(=O)O1. The second-order valence-corrected chi connectivity index (χ2v) is 5.39. The molecule has 0 amide bonds. The van der Waals surface area contributed by atoms with E-state index in [1.165, 1.54) is 0 Å². The molecule has 2 N–H and O–H groups in total. The topological polar surface area (TPSA) is 161 Å². The number of carboxylic acid groups (broad SMARTS) is 2. The van der Waals surface area contributed by atoms with Crippen LogP contribution in [-0.2, 0) is 38.2 Å². The molecule has 0 atom stereocenters. The Bertz CT molecular complexity index is 461. The van der Waals surface area contributed by atoms with Gasteiger partial charge in [-0.1, -0.05) is 0 Å². The van der Waals surface area contributed by atoms with Gasteiger partial charge in [-0.25, -0.2) is 0 Å². The van der Waals surface area contributed by atoms with Crippen LogP contribution in [0.15, 0.2) is 0 Å². The van der Waals surface area contributed by atoms with Gasteiger partial charge in [-0.15, -0.1) is 0 Å². The lowest BCUT2D eigenvalue weighted by Crippen LogP contribution is -2.17. The van der Waals surface area contributed by atoms with Crippen molar-refractivity contribution in [1.82, 2.24) is 0 Å². The van der Waals surface area contributed by atoms with E-state index in [0.29, 0.717) is 51.4 Å². The summed E-state index contributed by atoms with van der Waals surface area (Å²) in [5.74, 6) is -3.29. The first-order valence-corrected chi connectivity index (χ1v) is 8.11. The number of carbonyl (C=O) groups excluding carboxylic acids is 4. The summed E-state index contributed by atoms with van der Waals surface area (Å²) in [6.45, 7) is 0. The summed E-state index contributed by atoms with van der Waals surface area (Å²) in [7, 11) is 0. The third kappa shape index (κ3) is 14.8. The van der Waals surface area contributed by atoms with Gasteiger partial charge in [0.2, 0.25) is 0 Å². The largest absolute Gasteiger partial charge is 0.481 e. The fourth-order valence-corrected chi connectivity index (χ4v) is 1.76. The number of unbranched alkanes of at least 4 members (excludes halogenated alkanes) is 1. The normalized spacial score (nSPS) is 16.2. The van der Waals surface area contributed by atoms with E-state index in [4.69, 9.17) is 10.2 Å². The molecule has 0 aromatic heterocycles. The van der Waals surface area contributed by atoms with Crippen LogP contribution in [0, 0.1) is 0 Å². The summed E-state index contributed by atoms with van der Waals surface area (Å²) in [4.78, 5) is 60.7. The molecule has 0 aromatic carbocycles. The van der Waals surface area contributed by atoms with Crippen molar-refractivity contribution in [3.8, 4) is 0 Å². The maximum Gasteiger partial charge on any atom is 0.313 e. The number of ether oxygens (including phenoxy) is 2. The number of cyclic esters (lactones) is 4. The molecule has 2 aliphatic rings. The highest BCUT2D eigenvalue weighted by Gasteiger charge is 2.16. The van der Waals surface area contributed by atoms with Crippen LogP contribution < -0.4 is 0 Å². The number of esters is 4. The molecule has 0 spiro atoms. The van der Waals surface area contributed by atoms with Crippen LogP contribution in [0.4, 0.5) is 0 Å². The van der Waals surface area contributed by atoms with Crippen molar-refractivity contribution >= 4 is 35.8 Å². The van der Waals surface area contributed by atoms with Crippen molar-refractivity contribution in [2.75, 3.05) is 0 Å². The van der Waals surface area contributed by atoms with Gasteiger partial charge in [-0.2, -0.15) is 0 Å². The molecule has 10 nitrogen and oxygen atoms in total. The zero-order valence-electron chi connectivity index (χ0n) is 14.2. The Labute approximate surface area is 149 Å². The molecule has 0 aromatic rings. The van der Waals surface area contributed by atoms with Crippen LogP contribution in [0.2, 0.25) is 0 Å². The van der Waals surface area contributed by atoms with Crippen LogP contribution >= 0.6 is 0 Å². The fraction of sp³-hybridized carbons (Fsp3) is 0.625. The predicted octanol–water partition coefficient (Wildman–Crippen LogP) is 1.20. The molecular weight excluding hydrogens is 352 g/mol. The number of aliphatic carboxylic acids is 2. The zero-order chi connectivity index (χ0) is 19.9. The predicted molar refractivity (Wildman–Crippen MR) is 83.6 cm³/mol. The van der Waals surface area contributed by atoms with E-state index in [-0.39, 0.29) is 36.7 Å². The monoisotopic (exact) mass is 374 g/mol. The highest BCUT2D eigenvalue weighted by atomic mass is 16.6. The average molecular weight is 374 g/mol. The van der Waals surface area contributed by atoms with E-state index < -0.39 is 11.9 Å². The molecule has 2 aliphatic heterocycles. The minimum Gasteiger partial charge on any atom is -0.481 e. The number of hydrogen-bond donors (Lipinski definition) is 2. The van der Waals surface area contributed by atoms with Gasteiger partial charge in [0, 0.05) is 38.5 Å². The molecule has 10 heteroatoms. The Morgan fingerprint density at radius 1 is 0.654 bits per heavy atom. The minimum atomic E-state index is -0.870. The number of carboxylic acids is 2. The van der Waals surface area contributed by atoms with Gasteiger partial charge in [0.1, 0.15) is 0 Å². The van der Waals surface area contributed by atoms with Crippen molar-refractivity contribution in [3.63, 3.8) is 0 Å². The van der Waals surface area contributed by atoms with Gasteiger partial charge in [0.05, 0.1) is 0 Å². The molecule has 0 saturated carbocycles. The number of hydrogen-bond acceptors (Lipinski definition) is 8. The maximum atomic E-state index is 10.2. The molecule has 2 heterocycles. The van der Waals surface area contributed by atoms with E-state index in [1.807, 2.05) is 0 Å². The molecule has 146 valence electrons. The number of carbonyl (C=O) groups is 6. The van der Waals surface area contributed by atoms with Crippen LogP contribution in [0.5, 0.6) is 0 Å². The van der Waals surface area contributed by atoms with Gasteiger partial charge < -0.3 is 19.7 Å². The third-order valence-electron chi connectivity index (χ3n) is 3.01. The lowest BCUT2D eigenvalue weighted by molar-refractivity contribution is -0.164. The van der Waals surface area contributed by atoms with Crippen molar-refractivity contribution < 1.29 is 48.5 Å². The van der Waals surface area contributed by atoms with Crippen LogP contribution in [-0.4, -0.2) is 46.0 Å². The van der Waals surface area contributed by atoms with E-state index in [1.54, 1.807) is 0 Å². The summed E-state index contributed by atoms with van der Waals surface area (Å²) < 4.78 is 8.42. The Morgan fingerprint density at radius 3 is 1.08 bits per heavy atom. The molecule has 0 unspecified atom stereocenters. The minimum absolute atomic E-state index is 0.0628. The summed E-state index contributed by atoms with van der Waals surface area (Å²) in [6, 6.07) is 0. The van der Waals surface area contributed by atoms with E-state index in [2.05, 4.69) is 9.47 Å². The molecule has 2 rings (SSSR count). The van der Waals surface area contributed by atoms with Crippen molar-refractivity contribution in [2.45, 2.75) is 64.2 Å². The first-order valence-electron chi connectivity index (χ1n) is 8.11. The summed E-state index contributed by atoms with van der Waals surface area (Å²) in [5.41, 5.74) is 0. The number of rotatable bonds is 5. The summed E-state index contributed by atoms with van der Waals surface area (Å²) in [5, 5.41) is 16.3. The van der Waals surface area contributed by atoms with Gasteiger partial charge in [0.25, 0.3) is 0 Å². The molecule has 0 radical (unpaired) electrons. The van der Waals surface area contributed by atoms with E-state index in [0.717, 1.165) is 0 Å². The Kier molecular flexibility index (Phi) is 12.1. The maximum absolute atomic E-state index is 10.2.